The van der Waals surface area contributed by atoms with Crippen molar-refractivity contribution in [1.29, 1.82) is 0 Å². The SMILES string of the molecule is COc1cc(C(=O)Nc2ccc(N3CCOCC3)cc2)cc(OC)c1Br. The van der Waals surface area contributed by atoms with Gasteiger partial charge in [-0.2, -0.15) is 0 Å². The van der Waals surface area contributed by atoms with E-state index in [1.54, 1.807) is 26.4 Å². The van der Waals surface area contributed by atoms with Gasteiger partial charge in [0, 0.05) is 30.0 Å². The summed E-state index contributed by atoms with van der Waals surface area (Å²) in [6.45, 7) is 3.24. The summed E-state index contributed by atoms with van der Waals surface area (Å²) >= 11 is 3.40. The molecule has 0 aromatic heterocycles. The van der Waals surface area contributed by atoms with Crippen LogP contribution in [-0.2, 0) is 4.74 Å². The smallest absolute Gasteiger partial charge is 0.255 e. The number of anilines is 2. The average Bonchev–Trinajstić information content (AvgIpc) is 2.69. The first-order valence-corrected chi connectivity index (χ1v) is 9.07. The maximum atomic E-state index is 12.6. The molecule has 2 aromatic carbocycles. The molecule has 1 aliphatic rings. The molecule has 1 aliphatic heterocycles. The molecule has 7 heteroatoms. The van der Waals surface area contributed by atoms with Crippen LogP contribution in [0, 0.1) is 0 Å². The van der Waals surface area contributed by atoms with Crippen LogP contribution >= 0.6 is 15.9 Å². The monoisotopic (exact) mass is 420 g/mol. The van der Waals surface area contributed by atoms with Gasteiger partial charge < -0.3 is 24.4 Å². The second-order valence-electron chi connectivity index (χ2n) is 5.80. The molecule has 2 aromatic rings. The van der Waals surface area contributed by atoms with Crippen LogP contribution in [0.5, 0.6) is 11.5 Å². The molecular formula is C19H21BrN2O4. The van der Waals surface area contributed by atoms with Crippen molar-refractivity contribution in [1.82, 2.24) is 0 Å². The van der Waals surface area contributed by atoms with Crippen LogP contribution in [0.25, 0.3) is 0 Å². The molecule has 138 valence electrons. The Bertz CT molecular complexity index is 749. The van der Waals surface area contributed by atoms with Gasteiger partial charge in [-0.1, -0.05) is 0 Å². The van der Waals surface area contributed by atoms with Crippen LogP contribution < -0.4 is 19.7 Å². The molecule has 0 radical (unpaired) electrons. The van der Waals surface area contributed by atoms with Gasteiger partial charge in [-0.25, -0.2) is 0 Å². The lowest BCUT2D eigenvalue weighted by molar-refractivity contribution is 0.102. The van der Waals surface area contributed by atoms with Crippen LogP contribution in [0.15, 0.2) is 40.9 Å². The number of amides is 1. The normalized spacial score (nSPS) is 14.0. The summed E-state index contributed by atoms with van der Waals surface area (Å²) in [6.07, 6.45) is 0. The first-order chi connectivity index (χ1) is 12.6. The van der Waals surface area contributed by atoms with E-state index in [9.17, 15) is 4.79 Å². The third-order valence-corrected chi connectivity index (χ3v) is 4.99. The van der Waals surface area contributed by atoms with Crippen molar-refractivity contribution < 1.29 is 19.0 Å². The maximum absolute atomic E-state index is 12.6. The Morgan fingerprint density at radius 3 is 2.19 bits per heavy atom. The largest absolute Gasteiger partial charge is 0.495 e. The van der Waals surface area contributed by atoms with Gasteiger partial charge in [0.15, 0.2) is 0 Å². The number of rotatable bonds is 5. The van der Waals surface area contributed by atoms with E-state index in [0.717, 1.165) is 37.7 Å². The van der Waals surface area contributed by atoms with Gasteiger partial charge >= 0.3 is 0 Å². The highest BCUT2D eigenvalue weighted by Crippen LogP contribution is 2.35. The molecule has 0 atom stereocenters. The molecule has 1 N–H and O–H groups in total. The Kier molecular flexibility index (Phi) is 6.00. The lowest BCUT2D eigenvalue weighted by Crippen LogP contribution is -2.36. The van der Waals surface area contributed by atoms with E-state index in [1.807, 2.05) is 24.3 Å². The van der Waals surface area contributed by atoms with Gasteiger partial charge in [0.05, 0.1) is 27.4 Å². The first-order valence-electron chi connectivity index (χ1n) is 8.28. The Morgan fingerprint density at radius 2 is 1.65 bits per heavy atom. The molecule has 0 saturated carbocycles. The van der Waals surface area contributed by atoms with Crippen molar-refractivity contribution >= 4 is 33.2 Å². The maximum Gasteiger partial charge on any atom is 0.255 e. The van der Waals surface area contributed by atoms with Gasteiger partial charge in [0.25, 0.3) is 5.91 Å². The molecule has 1 amide bonds. The lowest BCUT2D eigenvalue weighted by atomic mass is 10.1. The van der Waals surface area contributed by atoms with Crippen LogP contribution in [0.4, 0.5) is 11.4 Å². The predicted molar refractivity (Wildman–Crippen MR) is 105 cm³/mol. The lowest BCUT2D eigenvalue weighted by Gasteiger charge is -2.28. The standard InChI is InChI=1S/C19H21BrN2O4/c1-24-16-11-13(12-17(25-2)18(16)20)19(23)21-14-3-5-15(6-4-14)22-7-9-26-10-8-22/h3-6,11-12H,7-10H2,1-2H3,(H,21,23). The van der Waals surface area contributed by atoms with E-state index in [-0.39, 0.29) is 5.91 Å². The van der Waals surface area contributed by atoms with E-state index >= 15 is 0 Å². The first kappa shape index (κ1) is 18.5. The van der Waals surface area contributed by atoms with Gasteiger partial charge in [0.2, 0.25) is 0 Å². The van der Waals surface area contributed by atoms with Crippen molar-refractivity contribution in [3.8, 4) is 11.5 Å². The third-order valence-electron chi connectivity index (χ3n) is 4.21. The Labute approximate surface area is 161 Å². The summed E-state index contributed by atoms with van der Waals surface area (Å²) in [7, 11) is 3.09. The molecular weight excluding hydrogens is 400 g/mol. The van der Waals surface area contributed by atoms with Gasteiger partial charge in [-0.3, -0.25) is 4.79 Å². The summed E-state index contributed by atoms with van der Waals surface area (Å²) in [5.74, 6) is 0.850. The van der Waals surface area contributed by atoms with E-state index < -0.39 is 0 Å². The second kappa shape index (κ2) is 8.42. The zero-order chi connectivity index (χ0) is 18.5. The zero-order valence-electron chi connectivity index (χ0n) is 14.8. The van der Waals surface area contributed by atoms with Crippen molar-refractivity contribution in [2.45, 2.75) is 0 Å². The van der Waals surface area contributed by atoms with E-state index in [4.69, 9.17) is 14.2 Å². The molecule has 0 spiro atoms. The molecule has 0 aliphatic carbocycles. The minimum atomic E-state index is -0.228. The number of nitrogens with one attached hydrogen (secondary N) is 1. The number of hydrogen-bond donors (Lipinski definition) is 1. The summed E-state index contributed by atoms with van der Waals surface area (Å²) in [4.78, 5) is 14.8. The van der Waals surface area contributed by atoms with E-state index in [2.05, 4.69) is 26.1 Å². The number of nitrogens with zero attached hydrogens (tertiary/aromatic N) is 1. The zero-order valence-corrected chi connectivity index (χ0v) is 16.3. The fourth-order valence-electron chi connectivity index (χ4n) is 2.78. The van der Waals surface area contributed by atoms with Crippen molar-refractivity contribution in [2.24, 2.45) is 0 Å². The number of methoxy groups -OCH3 is 2. The average molecular weight is 421 g/mol. The van der Waals surface area contributed by atoms with Crippen molar-refractivity contribution in [2.75, 3.05) is 50.7 Å². The highest BCUT2D eigenvalue weighted by molar-refractivity contribution is 9.10. The molecule has 26 heavy (non-hydrogen) atoms. The Hall–Kier alpha value is -2.25. The van der Waals surface area contributed by atoms with Crippen LogP contribution in [0.1, 0.15) is 10.4 Å². The number of hydrogen-bond acceptors (Lipinski definition) is 5. The number of ether oxygens (including phenoxy) is 3. The van der Waals surface area contributed by atoms with Crippen molar-refractivity contribution in [3.63, 3.8) is 0 Å². The van der Waals surface area contributed by atoms with Gasteiger partial charge in [-0.05, 0) is 52.3 Å². The fraction of sp³-hybridized carbons (Fsp3) is 0.316. The third kappa shape index (κ3) is 4.11. The topological polar surface area (TPSA) is 60.0 Å². The van der Waals surface area contributed by atoms with Crippen LogP contribution in [0.2, 0.25) is 0 Å². The second-order valence-corrected chi connectivity index (χ2v) is 6.59. The number of carbonyl (C=O) groups excluding carboxylic acids is 1. The van der Waals surface area contributed by atoms with Crippen LogP contribution in [-0.4, -0.2) is 46.4 Å². The summed E-state index contributed by atoms with van der Waals surface area (Å²) in [6, 6.07) is 11.1. The minimum Gasteiger partial charge on any atom is -0.495 e. The summed E-state index contributed by atoms with van der Waals surface area (Å²) in [5.41, 5.74) is 2.31. The highest BCUT2D eigenvalue weighted by atomic mass is 79.9. The highest BCUT2D eigenvalue weighted by Gasteiger charge is 2.15. The molecule has 0 bridgehead atoms. The van der Waals surface area contributed by atoms with Gasteiger partial charge in [-0.15, -0.1) is 0 Å². The van der Waals surface area contributed by atoms with Crippen molar-refractivity contribution in [3.05, 3.63) is 46.4 Å². The minimum absolute atomic E-state index is 0.228. The number of halogens is 1. The van der Waals surface area contributed by atoms with Gasteiger partial charge in [0.1, 0.15) is 16.0 Å². The molecule has 0 unspecified atom stereocenters. The number of morpholine rings is 1. The van der Waals surface area contributed by atoms with Crippen LogP contribution in [0.3, 0.4) is 0 Å². The van der Waals surface area contributed by atoms with E-state index in [0.29, 0.717) is 21.5 Å². The van der Waals surface area contributed by atoms with E-state index in [1.165, 1.54) is 0 Å². The summed E-state index contributed by atoms with van der Waals surface area (Å²) in [5, 5.41) is 2.90. The molecule has 3 rings (SSSR count). The number of benzene rings is 2. The Morgan fingerprint density at radius 1 is 1.08 bits per heavy atom. The molecule has 1 saturated heterocycles. The summed E-state index contributed by atoms with van der Waals surface area (Å²) < 4.78 is 16.6. The number of carbonyl (C=O) groups is 1. The molecule has 6 nitrogen and oxygen atoms in total. The Balaban J connectivity index is 1.73. The quantitative estimate of drug-likeness (QED) is 0.800. The molecule has 1 heterocycles. The fourth-order valence-corrected chi connectivity index (χ4v) is 3.33. The molecule has 1 fully saturated rings. The predicted octanol–water partition coefficient (Wildman–Crippen LogP) is 3.56.